The number of rotatable bonds is 7. The van der Waals surface area contributed by atoms with Gasteiger partial charge in [0.15, 0.2) is 0 Å². The zero-order valence-corrected chi connectivity index (χ0v) is 14.7. The van der Waals surface area contributed by atoms with Gasteiger partial charge in [-0.2, -0.15) is 0 Å². The maximum atomic E-state index is 12.3. The highest BCUT2D eigenvalue weighted by molar-refractivity contribution is 7.89. The molecule has 2 aromatic rings. The fraction of sp³-hybridized carbons (Fsp3) is 0.294. The third kappa shape index (κ3) is 5.04. The fourth-order valence-electron chi connectivity index (χ4n) is 1.98. The molecule has 124 valence electrons. The van der Waals surface area contributed by atoms with Gasteiger partial charge in [0.2, 0.25) is 10.0 Å². The van der Waals surface area contributed by atoms with Gasteiger partial charge < -0.3 is 4.74 Å². The molecule has 0 aromatic heterocycles. The Balaban J connectivity index is 2.02. The summed E-state index contributed by atoms with van der Waals surface area (Å²) in [6, 6.07) is 12.3. The van der Waals surface area contributed by atoms with Crippen LogP contribution < -0.4 is 4.72 Å². The Bertz CT molecular complexity index is 758. The highest BCUT2D eigenvalue weighted by Gasteiger charge is 2.14. The Morgan fingerprint density at radius 2 is 1.74 bits per heavy atom. The number of benzene rings is 2. The van der Waals surface area contributed by atoms with Crippen molar-refractivity contribution in [1.29, 1.82) is 0 Å². The maximum Gasteiger partial charge on any atom is 0.240 e. The zero-order chi connectivity index (χ0) is 16.9. The standard InChI is InChI=1S/C17H20ClNO3S/c1-3-22-12-15-7-5-14(6-8-15)11-19-23(20,21)16-9-4-13(2)17(18)10-16/h4-10,19H,3,11-12H2,1-2H3. The minimum atomic E-state index is -3.58. The highest BCUT2D eigenvalue weighted by atomic mass is 35.5. The van der Waals surface area contributed by atoms with Crippen molar-refractivity contribution in [2.75, 3.05) is 6.61 Å². The third-order valence-corrected chi connectivity index (χ3v) is 5.22. The van der Waals surface area contributed by atoms with Crippen LogP contribution in [0.3, 0.4) is 0 Å². The molecule has 0 radical (unpaired) electrons. The summed E-state index contributed by atoms with van der Waals surface area (Å²) < 4.78 is 32.5. The lowest BCUT2D eigenvalue weighted by Crippen LogP contribution is -2.23. The molecule has 0 saturated heterocycles. The monoisotopic (exact) mass is 353 g/mol. The Kier molecular flexibility index (Phi) is 6.18. The Morgan fingerprint density at radius 1 is 1.09 bits per heavy atom. The number of aryl methyl sites for hydroxylation is 1. The molecule has 4 nitrogen and oxygen atoms in total. The summed E-state index contributed by atoms with van der Waals surface area (Å²) in [5.74, 6) is 0. The van der Waals surface area contributed by atoms with E-state index in [0.717, 1.165) is 16.7 Å². The number of hydrogen-bond acceptors (Lipinski definition) is 3. The molecule has 0 spiro atoms. The minimum Gasteiger partial charge on any atom is -0.377 e. The molecule has 0 amide bonds. The van der Waals surface area contributed by atoms with E-state index in [1.54, 1.807) is 12.1 Å². The van der Waals surface area contributed by atoms with E-state index in [4.69, 9.17) is 16.3 Å². The van der Waals surface area contributed by atoms with E-state index < -0.39 is 10.0 Å². The van der Waals surface area contributed by atoms with Gasteiger partial charge in [-0.1, -0.05) is 41.9 Å². The SMILES string of the molecule is CCOCc1ccc(CNS(=O)(=O)c2ccc(C)c(Cl)c2)cc1. The van der Waals surface area contributed by atoms with E-state index in [-0.39, 0.29) is 11.4 Å². The molecule has 0 fully saturated rings. The van der Waals surface area contributed by atoms with Crippen molar-refractivity contribution in [2.45, 2.75) is 31.9 Å². The van der Waals surface area contributed by atoms with E-state index in [1.165, 1.54) is 6.07 Å². The molecule has 6 heteroatoms. The number of hydrogen-bond donors (Lipinski definition) is 1. The van der Waals surface area contributed by atoms with Gasteiger partial charge in [-0.15, -0.1) is 0 Å². The van der Waals surface area contributed by atoms with Crippen molar-refractivity contribution in [3.63, 3.8) is 0 Å². The van der Waals surface area contributed by atoms with Crippen LogP contribution in [-0.2, 0) is 27.9 Å². The number of halogens is 1. The van der Waals surface area contributed by atoms with Gasteiger partial charge in [0.25, 0.3) is 0 Å². The first-order chi connectivity index (χ1) is 10.9. The molecule has 0 heterocycles. The Labute approximate surface area is 142 Å². The summed E-state index contributed by atoms with van der Waals surface area (Å²) in [5, 5.41) is 0.438. The molecule has 0 unspecified atom stereocenters. The third-order valence-electron chi connectivity index (χ3n) is 3.42. The van der Waals surface area contributed by atoms with Gasteiger partial charge in [-0.3, -0.25) is 0 Å². The minimum absolute atomic E-state index is 0.168. The first-order valence-electron chi connectivity index (χ1n) is 7.34. The lowest BCUT2D eigenvalue weighted by molar-refractivity contribution is 0.134. The average molecular weight is 354 g/mol. The van der Waals surface area contributed by atoms with Crippen LogP contribution in [0.25, 0.3) is 0 Å². The van der Waals surface area contributed by atoms with Gasteiger partial charge in [0.05, 0.1) is 11.5 Å². The van der Waals surface area contributed by atoms with Crippen molar-refractivity contribution >= 4 is 21.6 Å². The smallest absolute Gasteiger partial charge is 0.240 e. The number of sulfonamides is 1. The van der Waals surface area contributed by atoms with Gasteiger partial charge in [0.1, 0.15) is 0 Å². The normalized spacial score (nSPS) is 11.6. The van der Waals surface area contributed by atoms with Crippen molar-refractivity contribution in [2.24, 2.45) is 0 Å². The highest BCUT2D eigenvalue weighted by Crippen LogP contribution is 2.20. The Hall–Kier alpha value is -1.40. The van der Waals surface area contributed by atoms with Gasteiger partial charge in [0, 0.05) is 18.2 Å². The second-order valence-corrected chi connectivity index (χ2v) is 7.36. The van der Waals surface area contributed by atoms with Crippen LogP contribution in [0.5, 0.6) is 0 Å². The summed E-state index contributed by atoms with van der Waals surface area (Å²) in [4.78, 5) is 0.168. The van der Waals surface area contributed by atoms with E-state index in [2.05, 4.69) is 4.72 Å². The van der Waals surface area contributed by atoms with E-state index in [1.807, 2.05) is 38.1 Å². The molecule has 2 rings (SSSR count). The van der Waals surface area contributed by atoms with Crippen LogP contribution >= 0.6 is 11.6 Å². The molecular weight excluding hydrogens is 334 g/mol. The largest absolute Gasteiger partial charge is 0.377 e. The second-order valence-electron chi connectivity index (χ2n) is 5.19. The molecule has 0 aliphatic carbocycles. The molecule has 0 atom stereocenters. The second kappa shape index (κ2) is 7.93. The van der Waals surface area contributed by atoms with Crippen LogP contribution in [0.2, 0.25) is 5.02 Å². The van der Waals surface area contributed by atoms with Gasteiger partial charge in [-0.25, -0.2) is 13.1 Å². The predicted molar refractivity (Wildman–Crippen MR) is 92.0 cm³/mol. The summed E-state index contributed by atoms with van der Waals surface area (Å²) in [7, 11) is -3.58. The first-order valence-corrected chi connectivity index (χ1v) is 9.20. The van der Waals surface area contributed by atoms with Crippen LogP contribution in [0.15, 0.2) is 47.4 Å². The van der Waals surface area contributed by atoms with E-state index >= 15 is 0 Å². The lowest BCUT2D eigenvalue weighted by atomic mass is 10.1. The van der Waals surface area contributed by atoms with Gasteiger partial charge in [-0.05, 0) is 42.7 Å². The molecular formula is C17H20ClNO3S. The zero-order valence-electron chi connectivity index (χ0n) is 13.2. The fourth-order valence-corrected chi connectivity index (χ4v) is 3.26. The molecule has 1 N–H and O–H groups in total. The van der Waals surface area contributed by atoms with Crippen molar-refractivity contribution in [3.05, 3.63) is 64.2 Å². The number of nitrogens with one attached hydrogen (secondary N) is 1. The first kappa shape index (κ1) is 17.9. The van der Waals surface area contributed by atoms with Crippen molar-refractivity contribution in [3.8, 4) is 0 Å². The molecule has 0 saturated carbocycles. The summed E-state index contributed by atoms with van der Waals surface area (Å²) >= 11 is 5.99. The van der Waals surface area contributed by atoms with E-state index in [9.17, 15) is 8.42 Å². The number of ether oxygens (including phenoxy) is 1. The van der Waals surface area contributed by atoms with Crippen LogP contribution in [0.1, 0.15) is 23.6 Å². The van der Waals surface area contributed by atoms with Crippen LogP contribution in [-0.4, -0.2) is 15.0 Å². The summed E-state index contributed by atoms with van der Waals surface area (Å²) in [6.07, 6.45) is 0. The van der Waals surface area contributed by atoms with Crippen molar-refractivity contribution < 1.29 is 13.2 Å². The molecule has 23 heavy (non-hydrogen) atoms. The predicted octanol–water partition coefficient (Wildman–Crippen LogP) is 3.66. The van der Waals surface area contributed by atoms with Crippen LogP contribution in [0, 0.1) is 6.92 Å². The maximum absolute atomic E-state index is 12.3. The summed E-state index contributed by atoms with van der Waals surface area (Å²) in [5.41, 5.74) is 2.78. The lowest BCUT2D eigenvalue weighted by Gasteiger charge is -2.09. The Morgan fingerprint density at radius 3 is 2.35 bits per heavy atom. The summed E-state index contributed by atoms with van der Waals surface area (Å²) in [6.45, 7) is 5.23. The quantitative estimate of drug-likeness (QED) is 0.826. The molecule has 0 bridgehead atoms. The average Bonchev–Trinajstić information content (AvgIpc) is 2.54. The van der Waals surface area contributed by atoms with Gasteiger partial charge >= 0.3 is 0 Å². The van der Waals surface area contributed by atoms with Crippen LogP contribution in [0.4, 0.5) is 0 Å². The molecule has 0 aliphatic rings. The van der Waals surface area contributed by atoms with Crippen molar-refractivity contribution in [1.82, 2.24) is 4.72 Å². The molecule has 0 aliphatic heterocycles. The topological polar surface area (TPSA) is 55.4 Å². The van der Waals surface area contributed by atoms with E-state index in [0.29, 0.717) is 18.2 Å². The molecule has 2 aromatic carbocycles.